The molecule has 0 amide bonds. The van der Waals surface area contributed by atoms with E-state index in [2.05, 4.69) is 5.10 Å². The van der Waals surface area contributed by atoms with Gasteiger partial charge in [-0.1, -0.05) is 24.3 Å². The summed E-state index contributed by atoms with van der Waals surface area (Å²) in [5.74, 6) is -0.173. The molecule has 0 unspecified atom stereocenters. The summed E-state index contributed by atoms with van der Waals surface area (Å²) in [6.45, 7) is 0. The fraction of sp³-hybridized carbons (Fsp3) is 0.0588. The van der Waals surface area contributed by atoms with E-state index in [0.29, 0.717) is 22.5 Å². The molecule has 0 radical (unpaired) electrons. The SMILES string of the molecule is O=C1c2ccccc2-c2cnn(-c3ccc(C(F)(F)F)cc3)c21. The fourth-order valence-electron chi connectivity index (χ4n) is 2.79. The zero-order valence-electron chi connectivity index (χ0n) is 11.6. The predicted octanol–water partition coefficient (Wildman–Crippen LogP) is 4.10. The first-order valence-electron chi connectivity index (χ1n) is 6.86. The van der Waals surface area contributed by atoms with E-state index in [0.717, 1.165) is 17.7 Å². The van der Waals surface area contributed by atoms with E-state index in [-0.39, 0.29) is 5.78 Å². The lowest BCUT2D eigenvalue weighted by atomic mass is 10.1. The second-order valence-corrected chi connectivity index (χ2v) is 5.24. The third kappa shape index (κ3) is 1.98. The predicted molar refractivity (Wildman–Crippen MR) is 77.4 cm³/mol. The van der Waals surface area contributed by atoms with Crippen molar-refractivity contribution in [1.82, 2.24) is 9.78 Å². The molecule has 0 N–H and O–H groups in total. The quantitative estimate of drug-likeness (QED) is 0.530. The summed E-state index contributed by atoms with van der Waals surface area (Å²) in [6, 6.07) is 11.8. The van der Waals surface area contributed by atoms with E-state index >= 15 is 0 Å². The summed E-state index contributed by atoms with van der Waals surface area (Å²) in [4.78, 5) is 12.5. The van der Waals surface area contributed by atoms with Crippen LogP contribution in [0, 0.1) is 0 Å². The molecule has 0 bridgehead atoms. The molecule has 2 aromatic carbocycles. The average Bonchev–Trinajstić information content (AvgIpc) is 3.08. The molecule has 6 heteroatoms. The van der Waals surface area contributed by atoms with E-state index in [1.807, 2.05) is 12.1 Å². The van der Waals surface area contributed by atoms with Gasteiger partial charge in [-0.3, -0.25) is 4.79 Å². The number of fused-ring (bicyclic) bond motifs is 3. The highest BCUT2D eigenvalue weighted by Crippen LogP contribution is 2.37. The Morgan fingerprint density at radius 3 is 2.17 bits per heavy atom. The van der Waals surface area contributed by atoms with Crippen molar-refractivity contribution in [1.29, 1.82) is 0 Å². The van der Waals surface area contributed by atoms with Crippen molar-refractivity contribution in [2.75, 3.05) is 0 Å². The molecule has 0 saturated carbocycles. The summed E-state index contributed by atoms with van der Waals surface area (Å²) in [5.41, 5.74) is 2.14. The molecule has 1 aromatic heterocycles. The van der Waals surface area contributed by atoms with Crippen LogP contribution in [0.15, 0.2) is 54.7 Å². The minimum absolute atomic E-state index is 0.173. The van der Waals surface area contributed by atoms with Gasteiger partial charge in [-0.2, -0.15) is 18.3 Å². The smallest absolute Gasteiger partial charge is 0.287 e. The normalized spacial score (nSPS) is 13.1. The second-order valence-electron chi connectivity index (χ2n) is 5.24. The Morgan fingerprint density at radius 1 is 0.870 bits per heavy atom. The van der Waals surface area contributed by atoms with Gasteiger partial charge in [0.05, 0.1) is 17.4 Å². The van der Waals surface area contributed by atoms with Gasteiger partial charge in [0.15, 0.2) is 0 Å². The van der Waals surface area contributed by atoms with Crippen LogP contribution in [-0.4, -0.2) is 15.6 Å². The minimum Gasteiger partial charge on any atom is -0.287 e. The third-order valence-electron chi connectivity index (χ3n) is 3.89. The molecule has 1 aliphatic carbocycles. The van der Waals surface area contributed by atoms with Crippen LogP contribution in [0.5, 0.6) is 0 Å². The van der Waals surface area contributed by atoms with Crippen LogP contribution in [0.3, 0.4) is 0 Å². The first-order chi connectivity index (χ1) is 11.0. The average molecular weight is 314 g/mol. The van der Waals surface area contributed by atoms with Crippen LogP contribution >= 0.6 is 0 Å². The number of carbonyl (C=O) groups excluding carboxylic acids is 1. The van der Waals surface area contributed by atoms with Gasteiger partial charge in [0, 0.05) is 11.1 Å². The summed E-state index contributed by atoms with van der Waals surface area (Å²) in [6.07, 6.45) is -2.83. The van der Waals surface area contributed by atoms with Gasteiger partial charge in [0.25, 0.3) is 0 Å². The van der Waals surface area contributed by atoms with Crippen molar-refractivity contribution < 1.29 is 18.0 Å². The van der Waals surface area contributed by atoms with Gasteiger partial charge in [-0.15, -0.1) is 0 Å². The molecular weight excluding hydrogens is 305 g/mol. The lowest BCUT2D eigenvalue weighted by molar-refractivity contribution is -0.137. The lowest BCUT2D eigenvalue weighted by Gasteiger charge is -2.09. The highest BCUT2D eigenvalue weighted by molar-refractivity contribution is 6.20. The number of hydrogen-bond acceptors (Lipinski definition) is 2. The molecule has 3 aromatic rings. The molecule has 0 fully saturated rings. The van der Waals surface area contributed by atoms with E-state index in [1.165, 1.54) is 16.8 Å². The molecule has 1 heterocycles. The van der Waals surface area contributed by atoms with Gasteiger partial charge in [0.2, 0.25) is 5.78 Å². The van der Waals surface area contributed by atoms with Crippen LogP contribution in [0.1, 0.15) is 21.6 Å². The molecule has 0 saturated heterocycles. The topological polar surface area (TPSA) is 34.9 Å². The molecule has 0 atom stereocenters. The van der Waals surface area contributed by atoms with Gasteiger partial charge < -0.3 is 0 Å². The minimum atomic E-state index is -4.39. The maximum absolute atomic E-state index is 12.6. The zero-order chi connectivity index (χ0) is 16.2. The Balaban J connectivity index is 1.82. The first kappa shape index (κ1) is 13.8. The summed E-state index contributed by atoms with van der Waals surface area (Å²) in [7, 11) is 0. The molecular formula is C17H9F3N2O. The molecule has 0 aliphatic heterocycles. The van der Waals surface area contributed by atoms with Crippen molar-refractivity contribution in [3.8, 4) is 16.8 Å². The standard InChI is InChI=1S/C17H9F3N2O/c18-17(19,20)10-5-7-11(8-6-10)22-15-14(9-21-22)12-3-1-2-4-13(12)16(15)23/h1-9H. The Bertz CT molecular complexity index is 924. The Hall–Kier alpha value is -2.89. The third-order valence-corrected chi connectivity index (χ3v) is 3.89. The Kier molecular flexibility index (Phi) is 2.72. The van der Waals surface area contributed by atoms with Crippen molar-refractivity contribution >= 4 is 5.78 Å². The van der Waals surface area contributed by atoms with Crippen molar-refractivity contribution in [3.63, 3.8) is 0 Å². The molecule has 0 spiro atoms. The van der Waals surface area contributed by atoms with E-state index in [1.54, 1.807) is 18.3 Å². The highest BCUT2D eigenvalue weighted by Gasteiger charge is 2.32. The number of hydrogen-bond donors (Lipinski definition) is 0. The molecule has 114 valence electrons. The number of rotatable bonds is 1. The van der Waals surface area contributed by atoms with Crippen molar-refractivity contribution in [2.45, 2.75) is 6.18 Å². The zero-order valence-corrected chi connectivity index (χ0v) is 11.6. The van der Waals surface area contributed by atoms with Gasteiger partial charge in [-0.25, -0.2) is 4.68 Å². The second kappa shape index (κ2) is 4.55. The van der Waals surface area contributed by atoms with E-state index in [4.69, 9.17) is 0 Å². The van der Waals surface area contributed by atoms with Gasteiger partial charge >= 0.3 is 6.18 Å². The Morgan fingerprint density at radius 2 is 1.52 bits per heavy atom. The number of aromatic nitrogens is 2. The lowest BCUT2D eigenvalue weighted by Crippen LogP contribution is -2.09. The maximum Gasteiger partial charge on any atom is 0.416 e. The molecule has 1 aliphatic rings. The number of benzene rings is 2. The van der Waals surface area contributed by atoms with Crippen molar-refractivity contribution in [3.05, 3.63) is 71.5 Å². The van der Waals surface area contributed by atoms with Crippen LogP contribution in [0.25, 0.3) is 16.8 Å². The Labute approximate surface area is 129 Å². The molecule has 3 nitrogen and oxygen atoms in total. The monoisotopic (exact) mass is 314 g/mol. The van der Waals surface area contributed by atoms with Crippen LogP contribution in [0.2, 0.25) is 0 Å². The molecule has 4 rings (SSSR count). The molecule has 23 heavy (non-hydrogen) atoms. The van der Waals surface area contributed by atoms with Crippen LogP contribution in [-0.2, 0) is 6.18 Å². The largest absolute Gasteiger partial charge is 0.416 e. The van der Waals surface area contributed by atoms with Gasteiger partial charge in [0.1, 0.15) is 5.69 Å². The number of nitrogens with zero attached hydrogens (tertiary/aromatic N) is 2. The van der Waals surface area contributed by atoms with Crippen molar-refractivity contribution in [2.24, 2.45) is 0 Å². The number of halogens is 3. The summed E-state index contributed by atoms with van der Waals surface area (Å²) < 4.78 is 39.3. The number of alkyl halides is 3. The van der Waals surface area contributed by atoms with E-state index in [9.17, 15) is 18.0 Å². The first-order valence-corrected chi connectivity index (χ1v) is 6.86. The van der Waals surface area contributed by atoms with Crippen LogP contribution in [0.4, 0.5) is 13.2 Å². The van der Waals surface area contributed by atoms with E-state index < -0.39 is 11.7 Å². The number of carbonyl (C=O) groups is 1. The van der Waals surface area contributed by atoms with Crippen LogP contribution < -0.4 is 0 Å². The highest BCUT2D eigenvalue weighted by atomic mass is 19.4. The summed E-state index contributed by atoms with van der Waals surface area (Å²) in [5, 5.41) is 4.16. The fourth-order valence-corrected chi connectivity index (χ4v) is 2.79. The maximum atomic E-state index is 12.6. The van der Waals surface area contributed by atoms with Gasteiger partial charge in [-0.05, 0) is 29.8 Å². The summed E-state index contributed by atoms with van der Waals surface area (Å²) >= 11 is 0. The number of ketones is 1.